The standard InChI is InChI=1S/C21H24O8/c1-23-15-7-11(8-16(24-2)19(15)26-4)13-9-12(22)18-14(29-13)10-17(25-3)20(27-5)21(18)28-6/h7-8,10,13H,9H2,1-6H3/t13-/m0/s1. The molecule has 1 aliphatic rings. The van der Waals surface area contributed by atoms with Gasteiger partial charge < -0.3 is 33.2 Å². The SMILES string of the molecule is COc1cc([C@@H]2CC(=O)c3c(cc(OC)c(OC)c3OC)O2)cc(OC)c1OC. The van der Waals surface area contributed by atoms with Gasteiger partial charge in [-0.15, -0.1) is 0 Å². The first-order chi connectivity index (χ1) is 14.0. The van der Waals surface area contributed by atoms with Crippen molar-refractivity contribution in [2.75, 3.05) is 42.7 Å². The highest BCUT2D eigenvalue weighted by Crippen LogP contribution is 2.50. The number of hydrogen-bond acceptors (Lipinski definition) is 8. The molecule has 0 amide bonds. The Balaban J connectivity index is 2.10. The number of benzene rings is 2. The largest absolute Gasteiger partial charge is 0.493 e. The molecule has 1 atom stereocenters. The van der Waals surface area contributed by atoms with Crippen LogP contribution in [0.5, 0.6) is 40.2 Å². The fourth-order valence-corrected chi connectivity index (χ4v) is 3.43. The van der Waals surface area contributed by atoms with E-state index in [0.29, 0.717) is 45.6 Å². The van der Waals surface area contributed by atoms with E-state index in [-0.39, 0.29) is 18.0 Å². The fraction of sp³-hybridized carbons (Fsp3) is 0.381. The molecule has 0 aliphatic carbocycles. The van der Waals surface area contributed by atoms with Crippen molar-refractivity contribution in [1.29, 1.82) is 0 Å². The van der Waals surface area contributed by atoms with Crippen LogP contribution in [0.1, 0.15) is 28.4 Å². The van der Waals surface area contributed by atoms with E-state index in [1.807, 2.05) is 0 Å². The summed E-state index contributed by atoms with van der Waals surface area (Å²) < 4.78 is 38.5. The molecule has 0 aromatic heterocycles. The van der Waals surface area contributed by atoms with E-state index in [4.69, 9.17) is 33.2 Å². The molecule has 0 saturated carbocycles. The first-order valence-electron chi connectivity index (χ1n) is 8.85. The second-order valence-corrected chi connectivity index (χ2v) is 6.21. The van der Waals surface area contributed by atoms with Gasteiger partial charge in [0, 0.05) is 11.6 Å². The Kier molecular flexibility index (Phi) is 5.91. The molecule has 0 N–H and O–H groups in total. The Bertz CT molecular complexity index is 896. The summed E-state index contributed by atoms with van der Waals surface area (Å²) in [6.07, 6.45) is -0.441. The third-order valence-corrected chi connectivity index (χ3v) is 4.77. The Morgan fingerprint density at radius 3 is 1.72 bits per heavy atom. The lowest BCUT2D eigenvalue weighted by molar-refractivity contribution is 0.0841. The summed E-state index contributed by atoms with van der Waals surface area (Å²) in [5.74, 6) is 2.68. The predicted molar refractivity (Wildman–Crippen MR) is 105 cm³/mol. The number of methoxy groups -OCH3 is 6. The summed E-state index contributed by atoms with van der Waals surface area (Å²) in [6.45, 7) is 0. The molecule has 0 unspecified atom stereocenters. The summed E-state index contributed by atoms with van der Waals surface area (Å²) in [6, 6.07) is 5.16. The van der Waals surface area contributed by atoms with Gasteiger partial charge in [0.15, 0.2) is 28.8 Å². The van der Waals surface area contributed by atoms with Crippen molar-refractivity contribution in [1.82, 2.24) is 0 Å². The normalized spacial score (nSPS) is 15.1. The minimum absolute atomic E-state index is 0.109. The van der Waals surface area contributed by atoms with Crippen molar-refractivity contribution in [3.05, 3.63) is 29.3 Å². The smallest absolute Gasteiger partial charge is 0.204 e. The zero-order valence-electron chi connectivity index (χ0n) is 17.3. The van der Waals surface area contributed by atoms with E-state index in [9.17, 15) is 4.79 Å². The Labute approximate surface area is 169 Å². The van der Waals surface area contributed by atoms with Crippen molar-refractivity contribution in [2.45, 2.75) is 12.5 Å². The van der Waals surface area contributed by atoms with Crippen LogP contribution in [0.15, 0.2) is 18.2 Å². The van der Waals surface area contributed by atoms with E-state index in [1.54, 1.807) is 18.2 Å². The van der Waals surface area contributed by atoms with Crippen molar-refractivity contribution < 1.29 is 38.0 Å². The maximum atomic E-state index is 13.0. The van der Waals surface area contributed by atoms with Gasteiger partial charge in [-0.05, 0) is 12.1 Å². The second-order valence-electron chi connectivity index (χ2n) is 6.21. The predicted octanol–water partition coefficient (Wildman–Crippen LogP) is 3.44. The average molecular weight is 404 g/mol. The van der Waals surface area contributed by atoms with Crippen molar-refractivity contribution in [2.24, 2.45) is 0 Å². The summed E-state index contributed by atoms with van der Waals surface area (Å²) in [7, 11) is 9.06. The lowest BCUT2D eigenvalue weighted by atomic mass is 9.94. The molecule has 2 aromatic rings. The molecule has 29 heavy (non-hydrogen) atoms. The number of Topliss-reactive ketones (excluding diaryl/α,β-unsaturated/α-hetero) is 1. The van der Waals surface area contributed by atoms with Crippen molar-refractivity contribution in [3.63, 3.8) is 0 Å². The topological polar surface area (TPSA) is 81.7 Å². The van der Waals surface area contributed by atoms with Gasteiger partial charge in [0.25, 0.3) is 0 Å². The highest BCUT2D eigenvalue weighted by atomic mass is 16.5. The van der Waals surface area contributed by atoms with E-state index < -0.39 is 6.10 Å². The summed E-state index contributed by atoms with van der Waals surface area (Å²) in [5.41, 5.74) is 1.04. The zero-order valence-corrected chi connectivity index (χ0v) is 17.3. The van der Waals surface area contributed by atoms with Crippen molar-refractivity contribution in [3.8, 4) is 40.2 Å². The van der Waals surface area contributed by atoms with Gasteiger partial charge in [-0.25, -0.2) is 0 Å². The van der Waals surface area contributed by atoms with E-state index >= 15 is 0 Å². The highest BCUT2D eigenvalue weighted by molar-refractivity contribution is 6.04. The monoisotopic (exact) mass is 404 g/mol. The van der Waals surface area contributed by atoms with Crippen LogP contribution in [0.3, 0.4) is 0 Å². The number of ketones is 1. The Hall–Kier alpha value is -3.29. The molecule has 0 saturated heterocycles. The van der Waals surface area contributed by atoms with Gasteiger partial charge in [-0.2, -0.15) is 0 Å². The van der Waals surface area contributed by atoms with Crippen LogP contribution < -0.4 is 33.2 Å². The van der Waals surface area contributed by atoms with Gasteiger partial charge in [-0.3, -0.25) is 4.79 Å². The minimum Gasteiger partial charge on any atom is -0.493 e. The molecule has 0 radical (unpaired) electrons. The summed E-state index contributed by atoms with van der Waals surface area (Å²) in [5, 5.41) is 0. The second kappa shape index (κ2) is 8.38. The number of hydrogen-bond donors (Lipinski definition) is 0. The molecule has 156 valence electrons. The van der Waals surface area contributed by atoms with Crippen molar-refractivity contribution >= 4 is 5.78 Å². The first kappa shape index (κ1) is 20.4. The molecule has 8 heteroatoms. The maximum Gasteiger partial charge on any atom is 0.204 e. The first-order valence-corrected chi connectivity index (χ1v) is 8.85. The lowest BCUT2D eigenvalue weighted by Gasteiger charge is -2.28. The van der Waals surface area contributed by atoms with Crippen LogP contribution in [0.2, 0.25) is 0 Å². The fourth-order valence-electron chi connectivity index (χ4n) is 3.43. The molecule has 2 aromatic carbocycles. The lowest BCUT2D eigenvalue weighted by Crippen LogP contribution is -2.21. The number of fused-ring (bicyclic) bond motifs is 1. The summed E-state index contributed by atoms with van der Waals surface area (Å²) >= 11 is 0. The molecule has 0 fully saturated rings. The number of ether oxygens (including phenoxy) is 7. The van der Waals surface area contributed by atoms with Crippen LogP contribution >= 0.6 is 0 Å². The number of rotatable bonds is 7. The van der Waals surface area contributed by atoms with E-state index in [0.717, 1.165) is 0 Å². The molecular formula is C21H24O8. The van der Waals surface area contributed by atoms with E-state index in [2.05, 4.69) is 0 Å². The third kappa shape index (κ3) is 3.46. The van der Waals surface area contributed by atoms with Gasteiger partial charge in [0.1, 0.15) is 17.4 Å². The maximum absolute atomic E-state index is 13.0. The minimum atomic E-state index is -0.550. The highest BCUT2D eigenvalue weighted by Gasteiger charge is 2.35. The van der Waals surface area contributed by atoms with Gasteiger partial charge in [-0.1, -0.05) is 0 Å². The Morgan fingerprint density at radius 2 is 1.24 bits per heavy atom. The van der Waals surface area contributed by atoms with Crippen LogP contribution in [-0.4, -0.2) is 48.4 Å². The quantitative estimate of drug-likeness (QED) is 0.694. The van der Waals surface area contributed by atoms with Crippen LogP contribution in [0, 0.1) is 0 Å². The van der Waals surface area contributed by atoms with Crippen LogP contribution in [-0.2, 0) is 0 Å². The van der Waals surface area contributed by atoms with Gasteiger partial charge in [0.05, 0.1) is 49.1 Å². The molecule has 3 rings (SSSR count). The van der Waals surface area contributed by atoms with E-state index in [1.165, 1.54) is 42.7 Å². The van der Waals surface area contributed by atoms with Crippen LogP contribution in [0.4, 0.5) is 0 Å². The zero-order chi connectivity index (χ0) is 21.1. The van der Waals surface area contributed by atoms with Crippen LogP contribution in [0.25, 0.3) is 0 Å². The average Bonchev–Trinajstić information content (AvgIpc) is 2.76. The number of carbonyl (C=O) groups excluding carboxylic acids is 1. The number of carbonyl (C=O) groups is 1. The molecule has 1 aliphatic heterocycles. The van der Waals surface area contributed by atoms with Gasteiger partial charge >= 0.3 is 0 Å². The molecule has 0 spiro atoms. The Morgan fingerprint density at radius 1 is 0.724 bits per heavy atom. The summed E-state index contributed by atoms with van der Waals surface area (Å²) in [4.78, 5) is 13.0. The van der Waals surface area contributed by atoms with Gasteiger partial charge in [0.2, 0.25) is 11.5 Å². The molecule has 0 bridgehead atoms. The molecular weight excluding hydrogens is 380 g/mol. The molecule has 8 nitrogen and oxygen atoms in total. The third-order valence-electron chi connectivity index (χ3n) is 4.77. The molecule has 1 heterocycles.